The Balaban J connectivity index is 2.01. The SMILES string of the molecule is COCCc1nc2cccnc2n1C1CCCCC1. The van der Waals surface area contributed by atoms with Crippen LogP contribution in [0, 0.1) is 0 Å². The van der Waals surface area contributed by atoms with Crippen molar-refractivity contribution in [3.63, 3.8) is 0 Å². The fourth-order valence-electron chi connectivity index (χ4n) is 3.07. The summed E-state index contributed by atoms with van der Waals surface area (Å²) in [7, 11) is 1.74. The molecule has 1 fully saturated rings. The van der Waals surface area contributed by atoms with Crippen LogP contribution < -0.4 is 0 Å². The molecule has 2 heterocycles. The number of hydrogen-bond donors (Lipinski definition) is 0. The predicted molar refractivity (Wildman–Crippen MR) is 75.2 cm³/mol. The molecule has 0 bridgehead atoms. The molecule has 0 aromatic carbocycles. The highest BCUT2D eigenvalue weighted by Gasteiger charge is 2.21. The second-order valence-corrected chi connectivity index (χ2v) is 5.28. The zero-order valence-corrected chi connectivity index (χ0v) is 11.5. The summed E-state index contributed by atoms with van der Waals surface area (Å²) in [6.45, 7) is 0.718. The van der Waals surface area contributed by atoms with Gasteiger partial charge in [0.2, 0.25) is 0 Å². The number of rotatable bonds is 4. The van der Waals surface area contributed by atoms with Crippen LogP contribution in [0.1, 0.15) is 44.0 Å². The number of ether oxygens (including phenoxy) is 1. The van der Waals surface area contributed by atoms with E-state index in [2.05, 4.69) is 15.6 Å². The number of fused-ring (bicyclic) bond motifs is 1. The van der Waals surface area contributed by atoms with Crippen molar-refractivity contribution >= 4 is 11.2 Å². The molecule has 102 valence electrons. The first-order valence-corrected chi connectivity index (χ1v) is 7.21. The lowest BCUT2D eigenvalue weighted by Crippen LogP contribution is -2.16. The zero-order valence-electron chi connectivity index (χ0n) is 11.5. The fraction of sp³-hybridized carbons (Fsp3) is 0.600. The van der Waals surface area contributed by atoms with E-state index in [0.29, 0.717) is 6.04 Å². The normalized spacial score (nSPS) is 17.1. The zero-order chi connectivity index (χ0) is 13.1. The van der Waals surface area contributed by atoms with Gasteiger partial charge in [0.1, 0.15) is 11.3 Å². The topological polar surface area (TPSA) is 39.9 Å². The van der Waals surface area contributed by atoms with E-state index in [1.54, 1.807) is 7.11 Å². The lowest BCUT2D eigenvalue weighted by atomic mass is 9.95. The van der Waals surface area contributed by atoms with Crippen molar-refractivity contribution in [2.75, 3.05) is 13.7 Å². The molecule has 0 radical (unpaired) electrons. The number of pyridine rings is 1. The predicted octanol–water partition coefficient (Wildman–Crippen LogP) is 3.13. The fourth-order valence-corrected chi connectivity index (χ4v) is 3.07. The molecule has 0 spiro atoms. The van der Waals surface area contributed by atoms with E-state index in [1.165, 1.54) is 32.1 Å². The van der Waals surface area contributed by atoms with Gasteiger partial charge < -0.3 is 9.30 Å². The van der Waals surface area contributed by atoms with Crippen LogP contribution in [0.3, 0.4) is 0 Å². The Morgan fingerprint density at radius 2 is 2.16 bits per heavy atom. The Kier molecular flexibility index (Phi) is 3.78. The first-order chi connectivity index (χ1) is 9.40. The Hall–Kier alpha value is -1.42. The van der Waals surface area contributed by atoms with Gasteiger partial charge in [-0.05, 0) is 25.0 Å². The second kappa shape index (κ2) is 5.70. The minimum Gasteiger partial charge on any atom is -0.384 e. The van der Waals surface area contributed by atoms with E-state index in [1.807, 2.05) is 12.3 Å². The quantitative estimate of drug-likeness (QED) is 0.847. The van der Waals surface area contributed by atoms with Gasteiger partial charge in [-0.15, -0.1) is 0 Å². The molecule has 3 rings (SSSR count). The van der Waals surface area contributed by atoms with Crippen molar-refractivity contribution in [3.8, 4) is 0 Å². The first kappa shape index (κ1) is 12.6. The molecule has 4 heteroatoms. The summed E-state index contributed by atoms with van der Waals surface area (Å²) >= 11 is 0. The summed E-state index contributed by atoms with van der Waals surface area (Å²) in [5, 5.41) is 0. The molecule has 2 aromatic heterocycles. The standard InChI is InChI=1S/C15H21N3O/c1-19-11-9-14-17-13-8-5-10-16-15(13)18(14)12-6-3-2-4-7-12/h5,8,10,12H,2-4,6-7,9,11H2,1H3. The molecule has 0 amide bonds. The van der Waals surface area contributed by atoms with Crippen LogP contribution in [-0.2, 0) is 11.2 Å². The maximum atomic E-state index is 5.21. The van der Waals surface area contributed by atoms with E-state index in [4.69, 9.17) is 9.72 Å². The van der Waals surface area contributed by atoms with Gasteiger partial charge in [0.15, 0.2) is 5.65 Å². The Bertz CT molecular complexity index is 543. The van der Waals surface area contributed by atoms with E-state index >= 15 is 0 Å². The lowest BCUT2D eigenvalue weighted by molar-refractivity contribution is 0.198. The Labute approximate surface area is 113 Å². The molecule has 2 aromatic rings. The monoisotopic (exact) mass is 259 g/mol. The van der Waals surface area contributed by atoms with Gasteiger partial charge in [0, 0.05) is 25.8 Å². The summed E-state index contributed by atoms with van der Waals surface area (Å²) in [4.78, 5) is 9.29. The maximum Gasteiger partial charge on any atom is 0.160 e. The van der Waals surface area contributed by atoms with Crippen LogP contribution in [0.5, 0.6) is 0 Å². The number of aromatic nitrogens is 3. The second-order valence-electron chi connectivity index (χ2n) is 5.28. The summed E-state index contributed by atoms with van der Waals surface area (Å²) in [6, 6.07) is 4.58. The van der Waals surface area contributed by atoms with E-state index in [-0.39, 0.29) is 0 Å². The summed E-state index contributed by atoms with van der Waals surface area (Å²) in [5.74, 6) is 1.13. The molecule has 0 unspecified atom stereocenters. The molecule has 1 aliphatic rings. The number of nitrogens with zero attached hydrogens (tertiary/aromatic N) is 3. The third kappa shape index (κ3) is 2.50. The number of methoxy groups -OCH3 is 1. The molecular weight excluding hydrogens is 238 g/mol. The van der Waals surface area contributed by atoms with Gasteiger partial charge in [0.25, 0.3) is 0 Å². The minimum atomic E-state index is 0.570. The molecule has 4 nitrogen and oxygen atoms in total. The number of hydrogen-bond acceptors (Lipinski definition) is 3. The Morgan fingerprint density at radius 3 is 2.95 bits per heavy atom. The van der Waals surface area contributed by atoms with E-state index < -0.39 is 0 Å². The smallest absolute Gasteiger partial charge is 0.160 e. The lowest BCUT2D eigenvalue weighted by Gasteiger charge is -2.25. The highest BCUT2D eigenvalue weighted by Crippen LogP contribution is 2.31. The van der Waals surface area contributed by atoms with Crippen LogP contribution >= 0.6 is 0 Å². The van der Waals surface area contributed by atoms with Crippen LogP contribution in [0.15, 0.2) is 18.3 Å². The summed E-state index contributed by atoms with van der Waals surface area (Å²) < 4.78 is 7.58. The van der Waals surface area contributed by atoms with Gasteiger partial charge in [-0.1, -0.05) is 19.3 Å². The van der Waals surface area contributed by atoms with Gasteiger partial charge in [-0.3, -0.25) is 0 Å². The van der Waals surface area contributed by atoms with Crippen molar-refractivity contribution in [2.45, 2.75) is 44.6 Å². The third-order valence-corrected chi connectivity index (χ3v) is 3.99. The third-order valence-electron chi connectivity index (χ3n) is 3.99. The minimum absolute atomic E-state index is 0.570. The van der Waals surface area contributed by atoms with Gasteiger partial charge in [-0.25, -0.2) is 9.97 Å². The first-order valence-electron chi connectivity index (χ1n) is 7.21. The average molecular weight is 259 g/mol. The summed E-state index contributed by atoms with van der Waals surface area (Å²) in [5.41, 5.74) is 2.06. The van der Waals surface area contributed by atoms with Crippen molar-refractivity contribution in [3.05, 3.63) is 24.2 Å². The summed E-state index contributed by atoms with van der Waals surface area (Å²) in [6.07, 6.45) is 9.24. The molecule has 0 aliphatic heterocycles. The van der Waals surface area contributed by atoms with Gasteiger partial charge in [-0.2, -0.15) is 0 Å². The van der Waals surface area contributed by atoms with Crippen LogP contribution in [0.2, 0.25) is 0 Å². The highest BCUT2D eigenvalue weighted by atomic mass is 16.5. The van der Waals surface area contributed by atoms with Crippen LogP contribution in [0.25, 0.3) is 11.2 Å². The van der Waals surface area contributed by atoms with Gasteiger partial charge in [0.05, 0.1) is 6.61 Å². The largest absolute Gasteiger partial charge is 0.384 e. The molecule has 19 heavy (non-hydrogen) atoms. The van der Waals surface area contributed by atoms with Crippen molar-refractivity contribution in [1.29, 1.82) is 0 Å². The van der Waals surface area contributed by atoms with E-state index in [9.17, 15) is 0 Å². The average Bonchev–Trinajstić information content (AvgIpc) is 2.84. The van der Waals surface area contributed by atoms with E-state index in [0.717, 1.165) is 30.0 Å². The van der Waals surface area contributed by atoms with Crippen LogP contribution in [0.4, 0.5) is 0 Å². The van der Waals surface area contributed by atoms with Crippen LogP contribution in [-0.4, -0.2) is 28.3 Å². The van der Waals surface area contributed by atoms with Gasteiger partial charge >= 0.3 is 0 Å². The highest BCUT2D eigenvalue weighted by molar-refractivity contribution is 5.71. The number of imidazole rings is 1. The molecule has 1 aliphatic carbocycles. The van der Waals surface area contributed by atoms with Crippen molar-refractivity contribution in [2.24, 2.45) is 0 Å². The van der Waals surface area contributed by atoms with Crippen molar-refractivity contribution in [1.82, 2.24) is 14.5 Å². The molecule has 1 saturated carbocycles. The molecule has 0 N–H and O–H groups in total. The molecule has 0 saturated heterocycles. The Morgan fingerprint density at radius 1 is 1.32 bits per heavy atom. The maximum absolute atomic E-state index is 5.21. The molecule has 0 atom stereocenters. The molecular formula is C15H21N3O. The van der Waals surface area contributed by atoms with Crippen molar-refractivity contribution < 1.29 is 4.74 Å².